The molecule has 4 aromatic rings. The summed E-state index contributed by atoms with van der Waals surface area (Å²) in [6.07, 6.45) is 6.15. The number of hydrogen-bond acceptors (Lipinski definition) is 3. The molecule has 0 spiro atoms. The van der Waals surface area contributed by atoms with E-state index in [9.17, 15) is 0 Å². The molecule has 3 atom stereocenters. The van der Waals surface area contributed by atoms with Crippen LogP contribution in [-0.2, 0) is 6.54 Å². The van der Waals surface area contributed by atoms with E-state index in [-0.39, 0.29) is 0 Å². The van der Waals surface area contributed by atoms with Crippen molar-refractivity contribution in [1.82, 2.24) is 14.1 Å². The Morgan fingerprint density at radius 2 is 1.81 bits per heavy atom. The van der Waals surface area contributed by atoms with Gasteiger partial charge in [-0.3, -0.25) is 4.57 Å². The molecule has 7 rings (SSSR count). The van der Waals surface area contributed by atoms with E-state index in [0.29, 0.717) is 5.56 Å². The van der Waals surface area contributed by atoms with Crippen LogP contribution in [-0.4, -0.2) is 27.2 Å². The van der Waals surface area contributed by atoms with Crippen molar-refractivity contribution in [3.8, 4) is 34.4 Å². The topological polar surface area (TPSA) is 49.8 Å². The van der Waals surface area contributed by atoms with Crippen LogP contribution in [0.1, 0.15) is 18.1 Å². The second-order valence-electron chi connectivity index (χ2n) is 9.46. The number of nitrogens with zero attached hydrogens (tertiary/aromatic N) is 5. The summed E-state index contributed by atoms with van der Waals surface area (Å²) in [6, 6.07) is 19.1. The third kappa shape index (κ3) is 2.53. The summed E-state index contributed by atoms with van der Waals surface area (Å²) in [5, 5.41) is 9.10. The number of imidazole rings is 1. The highest BCUT2D eigenvalue weighted by Crippen LogP contribution is 2.52. The Morgan fingerprint density at radius 1 is 1.00 bits per heavy atom. The predicted octanol–water partition coefficient (Wildman–Crippen LogP) is 4.94. The van der Waals surface area contributed by atoms with Gasteiger partial charge in [-0.25, -0.2) is 4.98 Å². The fraction of sp³-hybridized carbons (Fsp3) is 0.259. The zero-order valence-corrected chi connectivity index (χ0v) is 17.9. The summed E-state index contributed by atoms with van der Waals surface area (Å²) in [5.41, 5.74) is 7.92. The molecule has 5 nitrogen and oxygen atoms in total. The van der Waals surface area contributed by atoms with Gasteiger partial charge in [0.15, 0.2) is 5.82 Å². The van der Waals surface area contributed by atoms with Crippen LogP contribution in [0.5, 0.6) is 0 Å². The predicted molar refractivity (Wildman–Crippen MR) is 125 cm³/mol. The summed E-state index contributed by atoms with van der Waals surface area (Å²) in [6.45, 7) is 5.59. The van der Waals surface area contributed by atoms with E-state index >= 15 is 0 Å². The second-order valence-corrected chi connectivity index (χ2v) is 9.46. The van der Waals surface area contributed by atoms with Crippen LogP contribution in [0.2, 0.25) is 0 Å². The summed E-state index contributed by atoms with van der Waals surface area (Å²) in [4.78, 5) is 7.27. The third-order valence-electron chi connectivity index (χ3n) is 7.76. The maximum absolute atomic E-state index is 9.10. The zero-order chi connectivity index (χ0) is 21.4. The molecule has 0 amide bonds. The van der Waals surface area contributed by atoms with E-state index in [0.717, 1.165) is 46.9 Å². The van der Waals surface area contributed by atoms with Gasteiger partial charge in [0.1, 0.15) is 0 Å². The number of piperidine rings is 1. The lowest BCUT2D eigenvalue weighted by molar-refractivity contribution is 0.689. The number of rotatable bonds is 2. The molecule has 0 N–H and O–H groups in total. The molecule has 32 heavy (non-hydrogen) atoms. The fourth-order valence-corrected chi connectivity index (χ4v) is 5.76. The van der Waals surface area contributed by atoms with Gasteiger partial charge in [0.2, 0.25) is 0 Å². The Labute approximate surface area is 187 Å². The maximum atomic E-state index is 9.10. The van der Waals surface area contributed by atoms with Crippen LogP contribution in [0.15, 0.2) is 67.1 Å². The van der Waals surface area contributed by atoms with E-state index in [4.69, 9.17) is 10.2 Å². The van der Waals surface area contributed by atoms with Crippen LogP contribution in [0.3, 0.4) is 0 Å². The Balaban J connectivity index is 1.30. The lowest BCUT2D eigenvalue weighted by Gasteiger charge is -2.23. The minimum absolute atomic E-state index is 0.681. The molecule has 156 valence electrons. The van der Waals surface area contributed by atoms with Crippen molar-refractivity contribution in [2.75, 3.05) is 18.0 Å². The zero-order valence-electron chi connectivity index (χ0n) is 17.9. The van der Waals surface area contributed by atoms with E-state index < -0.39 is 0 Å². The van der Waals surface area contributed by atoms with Crippen LogP contribution in [0.25, 0.3) is 28.3 Å². The Hall–Kier alpha value is -3.78. The average molecular weight is 418 g/mol. The van der Waals surface area contributed by atoms with Crippen molar-refractivity contribution in [3.63, 3.8) is 0 Å². The molecule has 1 saturated carbocycles. The minimum Gasteiger partial charge on any atom is -0.371 e. The largest absolute Gasteiger partial charge is 0.371 e. The first kappa shape index (κ1) is 17.9. The lowest BCUT2D eigenvalue weighted by Crippen LogP contribution is -2.23. The molecule has 2 aliphatic heterocycles. The van der Waals surface area contributed by atoms with Gasteiger partial charge in [0.05, 0.1) is 23.0 Å². The number of hydrogen-bond donors (Lipinski definition) is 0. The SMILES string of the molecule is CC1[C@H]2CN(c3ccc4c(c3)Cn3cc(-c5ccc(C#N)cc5)cc3-c3nccn3-4)C[C@@H]12. The molecule has 0 bridgehead atoms. The maximum Gasteiger partial charge on any atom is 0.161 e. The summed E-state index contributed by atoms with van der Waals surface area (Å²) < 4.78 is 4.52. The monoisotopic (exact) mass is 417 g/mol. The molecule has 0 radical (unpaired) electrons. The number of anilines is 1. The number of aromatic nitrogens is 3. The van der Waals surface area contributed by atoms with E-state index in [1.54, 1.807) is 0 Å². The molecule has 1 aliphatic carbocycles. The fourth-order valence-electron chi connectivity index (χ4n) is 5.76. The van der Waals surface area contributed by atoms with Gasteiger partial charge >= 0.3 is 0 Å². The van der Waals surface area contributed by atoms with Gasteiger partial charge < -0.3 is 9.47 Å². The highest BCUT2D eigenvalue weighted by molar-refractivity contribution is 5.72. The van der Waals surface area contributed by atoms with Crippen LogP contribution in [0.4, 0.5) is 5.69 Å². The summed E-state index contributed by atoms with van der Waals surface area (Å²) in [5.74, 6) is 3.65. The van der Waals surface area contributed by atoms with Gasteiger partial charge in [-0.2, -0.15) is 5.26 Å². The Kier molecular flexibility index (Phi) is 3.55. The quantitative estimate of drug-likeness (QED) is 0.409. The lowest BCUT2D eigenvalue weighted by atomic mass is 10.1. The number of fused-ring (bicyclic) bond motifs is 6. The van der Waals surface area contributed by atoms with E-state index in [1.807, 2.05) is 30.5 Å². The van der Waals surface area contributed by atoms with E-state index in [1.165, 1.54) is 30.0 Å². The van der Waals surface area contributed by atoms with Crippen molar-refractivity contribution in [2.45, 2.75) is 13.5 Å². The highest BCUT2D eigenvalue weighted by Gasteiger charge is 2.52. The molecule has 2 aromatic heterocycles. The number of nitriles is 1. The van der Waals surface area contributed by atoms with Gasteiger partial charge in [-0.1, -0.05) is 19.1 Å². The molecular formula is C27H23N5. The molecular weight excluding hydrogens is 394 g/mol. The Bertz CT molecular complexity index is 1390. The summed E-state index contributed by atoms with van der Waals surface area (Å²) in [7, 11) is 0. The standard InChI is InChI=1S/C27H23N5/c1-17-23-15-30(16-24(17)23)22-6-7-25-21(10-22)14-31-13-20(19-4-2-18(12-28)3-5-19)11-26(31)27-29-8-9-32(25)27/h2-11,13,17,23-24H,14-16H2,1H3/t17?,23-,24+. The third-order valence-corrected chi connectivity index (χ3v) is 7.76. The molecule has 2 fully saturated rings. The molecule has 1 saturated heterocycles. The van der Waals surface area contributed by atoms with Crippen LogP contribution < -0.4 is 4.90 Å². The first-order valence-corrected chi connectivity index (χ1v) is 11.3. The Morgan fingerprint density at radius 3 is 2.59 bits per heavy atom. The molecule has 5 heteroatoms. The summed E-state index contributed by atoms with van der Waals surface area (Å²) >= 11 is 0. The highest BCUT2D eigenvalue weighted by atomic mass is 15.2. The average Bonchev–Trinajstić information content (AvgIpc) is 3.32. The van der Waals surface area contributed by atoms with Crippen molar-refractivity contribution in [2.24, 2.45) is 17.8 Å². The molecule has 4 heterocycles. The van der Waals surface area contributed by atoms with Gasteiger partial charge in [0.25, 0.3) is 0 Å². The van der Waals surface area contributed by atoms with Crippen molar-refractivity contribution in [1.29, 1.82) is 5.26 Å². The number of benzene rings is 2. The van der Waals surface area contributed by atoms with E-state index in [2.05, 4.69) is 63.7 Å². The van der Waals surface area contributed by atoms with Gasteiger partial charge in [-0.15, -0.1) is 0 Å². The second kappa shape index (κ2) is 6.37. The van der Waals surface area contributed by atoms with Crippen molar-refractivity contribution in [3.05, 3.63) is 78.2 Å². The smallest absolute Gasteiger partial charge is 0.161 e. The first-order valence-electron chi connectivity index (χ1n) is 11.3. The van der Waals surface area contributed by atoms with Crippen LogP contribution >= 0.6 is 0 Å². The van der Waals surface area contributed by atoms with Crippen molar-refractivity contribution >= 4 is 5.69 Å². The molecule has 2 aromatic carbocycles. The van der Waals surface area contributed by atoms with Gasteiger partial charge in [-0.05, 0) is 65.3 Å². The van der Waals surface area contributed by atoms with Crippen molar-refractivity contribution < 1.29 is 0 Å². The van der Waals surface area contributed by atoms with Gasteiger partial charge in [0, 0.05) is 49.5 Å². The normalized spacial score (nSPS) is 22.4. The first-order chi connectivity index (χ1) is 15.7. The molecule has 3 aliphatic rings. The van der Waals surface area contributed by atoms with Crippen LogP contribution in [0, 0.1) is 29.1 Å². The molecule has 1 unspecified atom stereocenters. The minimum atomic E-state index is 0.681.